The summed E-state index contributed by atoms with van der Waals surface area (Å²) in [5.41, 5.74) is -0.444. The number of sulfone groups is 1. The Morgan fingerprint density at radius 3 is 2.33 bits per heavy atom. The van der Waals surface area contributed by atoms with Gasteiger partial charge in [0, 0.05) is 17.8 Å². The summed E-state index contributed by atoms with van der Waals surface area (Å²) in [7, 11) is -3.65. The average Bonchev–Trinajstić information content (AvgIpc) is 2.71. The van der Waals surface area contributed by atoms with Gasteiger partial charge in [0.1, 0.15) is 0 Å². The molecule has 0 atom stereocenters. The quantitative estimate of drug-likeness (QED) is 0.372. The van der Waals surface area contributed by atoms with E-state index in [0.29, 0.717) is 0 Å². The minimum Gasteiger partial charge on any atom is -0.477 e. The van der Waals surface area contributed by atoms with Crippen molar-refractivity contribution in [2.75, 3.05) is 19.0 Å². The molecular formula is C17H14F2N2O8S. The number of hydrogen-bond acceptors (Lipinski definition) is 8. The van der Waals surface area contributed by atoms with Crippen molar-refractivity contribution in [1.29, 1.82) is 0 Å². The molecular weight excluding hydrogens is 430 g/mol. The fraction of sp³-hybridized carbons (Fsp3) is 0.176. The van der Waals surface area contributed by atoms with Gasteiger partial charge in [-0.15, -0.1) is 0 Å². The van der Waals surface area contributed by atoms with Gasteiger partial charge in [-0.25, -0.2) is 13.2 Å². The van der Waals surface area contributed by atoms with Crippen molar-refractivity contribution in [1.82, 2.24) is 0 Å². The summed E-state index contributed by atoms with van der Waals surface area (Å²) >= 11 is 0. The zero-order valence-corrected chi connectivity index (χ0v) is 16.0. The van der Waals surface area contributed by atoms with Crippen molar-refractivity contribution in [3.63, 3.8) is 0 Å². The van der Waals surface area contributed by atoms with Crippen LogP contribution in [-0.4, -0.2) is 44.7 Å². The molecule has 0 fully saturated rings. The molecule has 1 N–H and O–H groups in total. The fourth-order valence-electron chi connectivity index (χ4n) is 2.20. The van der Waals surface area contributed by atoms with E-state index in [-0.39, 0.29) is 17.0 Å². The fourth-order valence-corrected chi connectivity index (χ4v) is 2.92. The van der Waals surface area contributed by atoms with Crippen LogP contribution in [0, 0.1) is 10.1 Å². The van der Waals surface area contributed by atoms with E-state index in [1.807, 2.05) is 0 Å². The molecule has 2 rings (SSSR count). The number of hydrogen-bond donors (Lipinski definition) is 1. The summed E-state index contributed by atoms with van der Waals surface area (Å²) < 4.78 is 57.4. The van der Waals surface area contributed by atoms with Crippen LogP contribution >= 0.6 is 0 Å². The molecule has 0 aromatic heterocycles. The molecule has 1 amide bonds. The number of nitrogens with zero attached hydrogens (tertiary/aromatic N) is 1. The van der Waals surface area contributed by atoms with Crippen molar-refractivity contribution >= 4 is 33.1 Å². The number of alkyl halides is 2. The van der Waals surface area contributed by atoms with Crippen LogP contribution in [0.5, 0.6) is 5.75 Å². The van der Waals surface area contributed by atoms with Crippen LogP contribution in [0.3, 0.4) is 0 Å². The average molecular weight is 444 g/mol. The van der Waals surface area contributed by atoms with Gasteiger partial charge < -0.3 is 14.8 Å². The molecule has 2 aromatic carbocycles. The Hall–Kier alpha value is -3.61. The summed E-state index contributed by atoms with van der Waals surface area (Å²) in [5, 5.41) is 13.4. The molecule has 2 aromatic rings. The number of benzene rings is 2. The van der Waals surface area contributed by atoms with Gasteiger partial charge in [-0.3, -0.25) is 14.9 Å². The van der Waals surface area contributed by atoms with Crippen LogP contribution in [0.15, 0.2) is 47.4 Å². The Morgan fingerprint density at radius 1 is 1.17 bits per heavy atom. The maximum atomic E-state index is 12.5. The molecule has 0 saturated carbocycles. The summed E-state index contributed by atoms with van der Waals surface area (Å²) in [5.74, 6) is -5.48. The summed E-state index contributed by atoms with van der Waals surface area (Å²) in [6.07, 6.45) is 0. The Bertz CT molecular complexity index is 1070. The lowest BCUT2D eigenvalue weighted by atomic mass is 10.2. The second kappa shape index (κ2) is 9.26. The lowest BCUT2D eigenvalue weighted by Crippen LogP contribution is -2.20. The monoisotopic (exact) mass is 444 g/mol. The van der Waals surface area contributed by atoms with E-state index >= 15 is 0 Å². The number of anilines is 1. The molecule has 160 valence electrons. The maximum Gasteiger partial charge on any atom is 0.341 e. The molecule has 0 heterocycles. The molecule has 0 aliphatic rings. The summed E-state index contributed by atoms with van der Waals surface area (Å²) in [6.45, 7) is -0.692. The van der Waals surface area contributed by atoms with E-state index in [1.165, 1.54) is 0 Å². The third kappa shape index (κ3) is 5.26. The number of carbonyl (C=O) groups excluding carboxylic acids is 2. The molecule has 0 aliphatic heterocycles. The van der Waals surface area contributed by atoms with Crippen molar-refractivity contribution < 1.29 is 41.2 Å². The van der Waals surface area contributed by atoms with Gasteiger partial charge in [0.15, 0.2) is 12.4 Å². The molecule has 0 radical (unpaired) electrons. The van der Waals surface area contributed by atoms with Gasteiger partial charge in [0.25, 0.3) is 5.91 Å². The molecule has 0 unspecified atom stereocenters. The summed E-state index contributed by atoms with van der Waals surface area (Å²) in [4.78, 5) is 33.2. The highest BCUT2D eigenvalue weighted by Crippen LogP contribution is 2.28. The Kier molecular flexibility index (Phi) is 7.00. The molecule has 13 heteroatoms. The Morgan fingerprint density at radius 2 is 1.80 bits per heavy atom. The zero-order valence-electron chi connectivity index (χ0n) is 15.2. The predicted molar refractivity (Wildman–Crippen MR) is 98.2 cm³/mol. The van der Waals surface area contributed by atoms with Crippen LogP contribution in [0.1, 0.15) is 10.4 Å². The van der Waals surface area contributed by atoms with Gasteiger partial charge in [-0.2, -0.15) is 8.78 Å². The highest BCUT2D eigenvalue weighted by molar-refractivity contribution is 7.91. The third-order valence-electron chi connectivity index (χ3n) is 3.64. The van der Waals surface area contributed by atoms with E-state index in [0.717, 1.165) is 49.6 Å². The maximum absolute atomic E-state index is 12.5. The van der Waals surface area contributed by atoms with E-state index in [1.54, 1.807) is 0 Å². The molecule has 30 heavy (non-hydrogen) atoms. The minimum absolute atomic E-state index is 0.0330. The smallest absolute Gasteiger partial charge is 0.341 e. The highest BCUT2D eigenvalue weighted by Gasteiger charge is 2.26. The first-order valence-corrected chi connectivity index (χ1v) is 9.52. The van der Waals surface area contributed by atoms with Crippen LogP contribution in [0.25, 0.3) is 0 Å². The molecule has 0 saturated heterocycles. The lowest BCUT2D eigenvalue weighted by molar-refractivity contribution is -0.385. The van der Waals surface area contributed by atoms with E-state index in [4.69, 9.17) is 4.74 Å². The van der Waals surface area contributed by atoms with Crippen LogP contribution in [-0.2, 0) is 19.4 Å². The number of esters is 1. The first kappa shape index (κ1) is 22.7. The third-order valence-corrected chi connectivity index (χ3v) is 5.04. The summed E-state index contributed by atoms with van der Waals surface area (Å²) in [6, 6.07) is 7.18. The SMILES string of the molecule is COC(=O)c1ccc([N+](=O)[O-])c(OCC(=O)Nc2ccc(S(=O)(=O)C(F)F)cc2)c1. The van der Waals surface area contributed by atoms with Gasteiger partial charge in [0.2, 0.25) is 9.84 Å². The standard InChI is InChI=1S/C17H14F2N2O8S/c1-28-16(23)10-2-7-13(21(24)25)14(8-10)29-9-15(22)20-11-3-5-12(6-4-11)30(26,27)17(18)19/h2-8,17H,9H2,1H3,(H,20,22). The second-order valence-electron chi connectivity index (χ2n) is 5.60. The number of nitro groups is 1. The normalized spacial score (nSPS) is 11.1. The number of nitro benzene ring substituents is 1. The minimum atomic E-state index is -4.77. The number of nitrogens with one attached hydrogen (secondary N) is 1. The molecule has 10 nitrogen and oxygen atoms in total. The molecule has 0 bridgehead atoms. The Labute approximate surface area is 168 Å². The molecule has 0 aliphatic carbocycles. The predicted octanol–water partition coefficient (Wildman–Crippen LogP) is 2.40. The number of carbonyl (C=O) groups is 2. The lowest BCUT2D eigenvalue weighted by Gasteiger charge is -2.09. The van der Waals surface area contributed by atoms with E-state index in [2.05, 4.69) is 10.1 Å². The molecule has 0 spiro atoms. The largest absolute Gasteiger partial charge is 0.477 e. The number of methoxy groups -OCH3 is 1. The van der Waals surface area contributed by atoms with Crippen molar-refractivity contribution in [3.8, 4) is 5.75 Å². The van der Waals surface area contributed by atoms with Gasteiger partial charge >= 0.3 is 17.4 Å². The zero-order chi connectivity index (χ0) is 22.5. The first-order valence-electron chi connectivity index (χ1n) is 7.97. The van der Waals surface area contributed by atoms with Crippen LogP contribution in [0.2, 0.25) is 0 Å². The van der Waals surface area contributed by atoms with Gasteiger partial charge in [0.05, 0.1) is 22.5 Å². The van der Waals surface area contributed by atoms with Crippen molar-refractivity contribution in [2.45, 2.75) is 10.7 Å². The van der Waals surface area contributed by atoms with Crippen LogP contribution in [0.4, 0.5) is 20.2 Å². The van der Waals surface area contributed by atoms with Crippen molar-refractivity contribution in [3.05, 3.63) is 58.1 Å². The Balaban J connectivity index is 2.09. The number of ether oxygens (including phenoxy) is 2. The number of rotatable bonds is 8. The van der Waals surface area contributed by atoms with Gasteiger partial charge in [-0.1, -0.05) is 0 Å². The number of halogens is 2. The second-order valence-corrected chi connectivity index (χ2v) is 7.52. The topological polar surface area (TPSA) is 142 Å². The first-order chi connectivity index (χ1) is 14.1. The highest BCUT2D eigenvalue weighted by atomic mass is 32.2. The number of amides is 1. The van der Waals surface area contributed by atoms with E-state index < -0.39 is 49.6 Å². The van der Waals surface area contributed by atoms with Gasteiger partial charge in [-0.05, 0) is 30.3 Å². The van der Waals surface area contributed by atoms with Crippen LogP contribution < -0.4 is 10.1 Å². The van der Waals surface area contributed by atoms with Crippen molar-refractivity contribution in [2.24, 2.45) is 0 Å². The van der Waals surface area contributed by atoms with E-state index in [9.17, 15) is 36.9 Å².